The van der Waals surface area contributed by atoms with Crippen molar-refractivity contribution in [3.63, 3.8) is 0 Å². The monoisotopic (exact) mass is 291 g/mol. The summed E-state index contributed by atoms with van der Waals surface area (Å²) in [5, 5.41) is 11.5. The number of nitrogens with zero attached hydrogens (tertiary/aromatic N) is 4. The summed E-state index contributed by atoms with van der Waals surface area (Å²) in [5.41, 5.74) is 1.57. The molecule has 3 rings (SSSR count). The number of halogens is 1. The van der Waals surface area contributed by atoms with E-state index in [-0.39, 0.29) is 12.4 Å². The molecule has 0 saturated heterocycles. The summed E-state index contributed by atoms with van der Waals surface area (Å²) in [7, 11) is 0. The minimum atomic E-state index is -0.459. The average molecular weight is 292 g/mol. The highest BCUT2D eigenvalue weighted by Gasteiger charge is 2.19. The minimum absolute atomic E-state index is 0.0546. The second kappa shape index (κ2) is 4.61. The van der Waals surface area contributed by atoms with Gasteiger partial charge in [0.25, 0.3) is 0 Å². The number of rotatable bonds is 3. The van der Waals surface area contributed by atoms with E-state index >= 15 is 0 Å². The second-order valence-electron chi connectivity index (χ2n) is 4.35. The third-order valence-electron chi connectivity index (χ3n) is 3.02. The number of benzene rings is 1. The Morgan fingerprint density at radius 2 is 2.30 bits per heavy atom. The van der Waals surface area contributed by atoms with E-state index in [1.807, 2.05) is 0 Å². The summed E-state index contributed by atoms with van der Waals surface area (Å²) in [5.74, 6) is 1.13. The molecule has 0 spiro atoms. The number of fused-ring (bicyclic) bond motifs is 1. The lowest BCUT2D eigenvalue weighted by Gasteiger charge is -1.99. The molecule has 0 aliphatic heterocycles. The van der Waals surface area contributed by atoms with Gasteiger partial charge < -0.3 is 15.1 Å². The molecular weight excluding hydrogens is 282 g/mol. The normalized spacial score (nSPS) is 11.1. The molecule has 0 radical (unpaired) electrons. The van der Waals surface area contributed by atoms with Gasteiger partial charge in [0.05, 0.1) is 11.0 Å². The van der Waals surface area contributed by atoms with Gasteiger partial charge in [0.1, 0.15) is 12.0 Å². The molecule has 7 nitrogen and oxygen atoms in total. The SMILES string of the molecule is Cc1ncc([N+](=O)[O-])n1Cc1nc2ccc(Cl)cc2[nH]1. The summed E-state index contributed by atoms with van der Waals surface area (Å²) < 4.78 is 1.50. The highest BCUT2D eigenvalue weighted by molar-refractivity contribution is 6.31. The first-order valence-corrected chi connectivity index (χ1v) is 6.23. The summed E-state index contributed by atoms with van der Waals surface area (Å²) >= 11 is 5.91. The number of imidazole rings is 2. The molecule has 0 fully saturated rings. The molecule has 1 N–H and O–H groups in total. The van der Waals surface area contributed by atoms with Gasteiger partial charge in [-0.15, -0.1) is 0 Å². The Hall–Kier alpha value is -2.41. The van der Waals surface area contributed by atoms with Crippen LogP contribution in [-0.2, 0) is 6.54 Å². The van der Waals surface area contributed by atoms with Gasteiger partial charge in [0, 0.05) is 11.9 Å². The Kier molecular flexibility index (Phi) is 2.90. The van der Waals surface area contributed by atoms with Crippen molar-refractivity contribution >= 4 is 28.5 Å². The fraction of sp³-hybridized carbons (Fsp3) is 0.167. The Morgan fingerprint density at radius 3 is 3.05 bits per heavy atom. The molecule has 2 aromatic heterocycles. The fourth-order valence-electron chi connectivity index (χ4n) is 2.06. The molecule has 0 saturated carbocycles. The fourth-order valence-corrected chi connectivity index (χ4v) is 2.23. The van der Waals surface area contributed by atoms with Gasteiger partial charge in [-0.3, -0.25) is 0 Å². The van der Waals surface area contributed by atoms with Crippen LogP contribution in [0.25, 0.3) is 11.0 Å². The zero-order valence-electron chi connectivity index (χ0n) is 10.5. The number of aromatic amines is 1. The van der Waals surface area contributed by atoms with Gasteiger partial charge in [0.15, 0.2) is 12.4 Å². The molecule has 8 heteroatoms. The summed E-state index contributed by atoms with van der Waals surface area (Å²) in [6.07, 6.45) is 1.24. The largest absolute Gasteiger partial charge is 0.358 e. The average Bonchev–Trinajstić information content (AvgIpc) is 2.93. The number of hydrogen-bond donors (Lipinski definition) is 1. The number of aromatic nitrogens is 4. The third kappa shape index (κ3) is 2.12. The van der Waals surface area contributed by atoms with Crippen molar-refractivity contribution in [3.8, 4) is 0 Å². The van der Waals surface area contributed by atoms with Crippen molar-refractivity contribution < 1.29 is 4.92 Å². The van der Waals surface area contributed by atoms with Crippen LogP contribution in [0.5, 0.6) is 0 Å². The molecule has 20 heavy (non-hydrogen) atoms. The lowest BCUT2D eigenvalue weighted by molar-refractivity contribution is -0.392. The number of hydrogen-bond acceptors (Lipinski definition) is 4. The van der Waals surface area contributed by atoms with Crippen LogP contribution in [0.3, 0.4) is 0 Å². The maximum Gasteiger partial charge on any atom is 0.343 e. The standard InChI is InChI=1S/C12H10ClN5O2/c1-7-14-5-12(18(19)20)17(7)6-11-15-9-3-2-8(13)4-10(9)16-11/h2-5H,6H2,1H3,(H,15,16). The Bertz CT molecular complexity index is 807. The van der Waals surface area contributed by atoms with E-state index in [0.29, 0.717) is 16.7 Å². The minimum Gasteiger partial charge on any atom is -0.358 e. The van der Waals surface area contributed by atoms with Crippen molar-refractivity contribution in [2.75, 3.05) is 0 Å². The third-order valence-corrected chi connectivity index (χ3v) is 3.26. The zero-order chi connectivity index (χ0) is 14.3. The van der Waals surface area contributed by atoms with Gasteiger partial charge in [0.2, 0.25) is 0 Å². The predicted molar refractivity (Wildman–Crippen MR) is 73.8 cm³/mol. The van der Waals surface area contributed by atoms with Crippen LogP contribution >= 0.6 is 11.6 Å². The first kappa shape index (κ1) is 12.6. The van der Waals surface area contributed by atoms with Crippen LogP contribution in [0.2, 0.25) is 5.02 Å². The van der Waals surface area contributed by atoms with Crippen molar-refractivity contribution in [2.24, 2.45) is 0 Å². The Balaban J connectivity index is 2.01. The van der Waals surface area contributed by atoms with Crippen molar-refractivity contribution in [2.45, 2.75) is 13.5 Å². The van der Waals surface area contributed by atoms with E-state index in [1.165, 1.54) is 10.8 Å². The van der Waals surface area contributed by atoms with E-state index in [9.17, 15) is 10.1 Å². The molecule has 0 aliphatic carbocycles. The summed E-state index contributed by atoms with van der Waals surface area (Å²) in [4.78, 5) is 21.9. The Morgan fingerprint density at radius 1 is 1.50 bits per heavy atom. The molecular formula is C12H10ClN5O2. The lowest BCUT2D eigenvalue weighted by Crippen LogP contribution is -2.07. The number of nitro groups is 1. The molecule has 0 unspecified atom stereocenters. The van der Waals surface area contributed by atoms with Crippen LogP contribution < -0.4 is 0 Å². The molecule has 0 bridgehead atoms. The van der Waals surface area contributed by atoms with Gasteiger partial charge in [-0.25, -0.2) is 14.5 Å². The smallest absolute Gasteiger partial charge is 0.343 e. The molecule has 3 aromatic rings. The van der Waals surface area contributed by atoms with Crippen molar-refractivity contribution in [3.05, 3.63) is 51.2 Å². The number of aryl methyl sites for hydroxylation is 1. The number of nitrogens with one attached hydrogen (secondary N) is 1. The van der Waals surface area contributed by atoms with Crippen molar-refractivity contribution in [1.29, 1.82) is 0 Å². The first-order chi connectivity index (χ1) is 9.54. The van der Waals surface area contributed by atoms with Crippen LogP contribution in [0.1, 0.15) is 11.6 Å². The highest BCUT2D eigenvalue weighted by Crippen LogP contribution is 2.19. The second-order valence-corrected chi connectivity index (χ2v) is 4.79. The summed E-state index contributed by atoms with van der Waals surface area (Å²) in [6, 6.07) is 5.31. The summed E-state index contributed by atoms with van der Waals surface area (Å²) in [6.45, 7) is 1.97. The van der Waals surface area contributed by atoms with Crippen molar-refractivity contribution in [1.82, 2.24) is 19.5 Å². The van der Waals surface area contributed by atoms with Crippen LogP contribution in [-0.4, -0.2) is 24.4 Å². The number of H-pyrrole nitrogens is 1. The quantitative estimate of drug-likeness (QED) is 0.593. The molecule has 2 heterocycles. The first-order valence-electron chi connectivity index (χ1n) is 5.85. The van der Waals surface area contributed by atoms with Gasteiger partial charge in [-0.1, -0.05) is 11.6 Å². The zero-order valence-corrected chi connectivity index (χ0v) is 11.3. The van der Waals surface area contributed by atoms with E-state index < -0.39 is 4.92 Å². The maximum atomic E-state index is 10.9. The lowest BCUT2D eigenvalue weighted by atomic mass is 10.3. The topological polar surface area (TPSA) is 89.6 Å². The predicted octanol–water partition coefficient (Wildman–Crippen LogP) is 2.68. The molecule has 0 aliphatic rings. The van der Waals surface area contributed by atoms with Crippen LogP contribution in [0, 0.1) is 17.0 Å². The van der Waals surface area contributed by atoms with Gasteiger partial charge >= 0.3 is 5.82 Å². The maximum absolute atomic E-state index is 10.9. The Labute approximate surface area is 118 Å². The van der Waals surface area contributed by atoms with Gasteiger partial charge in [-0.2, -0.15) is 0 Å². The van der Waals surface area contributed by atoms with E-state index in [4.69, 9.17) is 11.6 Å². The molecule has 0 amide bonds. The van der Waals surface area contributed by atoms with Crippen LogP contribution in [0.15, 0.2) is 24.4 Å². The molecule has 1 aromatic carbocycles. The highest BCUT2D eigenvalue weighted by atomic mass is 35.5. The van der Waals surface area contributed by atoms with E-state index in [1.54, 1.807) is 25.1 Å². The van der Waals surface area contributed by atoms with Gasteiger partial charge in [-0.05, 0) is 23.1 Å². The van der Waals surface area contributed by atoms with Crippen LogP contribution in [0.4, 0.5) is 5.82 Å². The molecule has 0 atom stereocenters. The van der Waals surface area contributed by atoms with E-state index in [2.05, 4.69) is 15.0 Å². The molecule has 102 valence electrons. The van der Waals surface area contributed by atoms with E-state index in [0.717, 1.165) is 11.0 Å².